The number of benzene rings is 2. The van der Waals surface area contributed by atoms with Gasteiger partial charge in [-0.25, -0.2) is 4.98 Å². The van der Waals surface area contributed by atoms with Crippen LogP contribution in [0.4, 0.5) is 24.8 Å². The number of piperazine rings is 1. The maximum absolute atomic E-state index is 14.1. The van der Waals surface area contributed by atoms with E-state index in [4.69, 9.17) is 4.74 Å². The molecule has 3 heterocycles. The Balaban J connectivity index is 1.25. The lowest BCUT2D eigenvalue weighted by Crippen LogP contribution is -2.45. The minimum atomic E-state index is -4.57. The molecule has 0 bridgehead atoms. The molecule has 10 nitrogen and oxygen atoms in total. The lowest BCUT2D eigenvalue weighted by atomic mass is 10.0. The molecular weight excluding hydrogens is 599 g/mol. The second-order valence-corrected chi connectivity index (χ2v) is 11.7. The van der Waals surface area contributed by atoms with E-state index in [1.165, 1.54) is 18.2 Å². The second kappa shape index (κ2) is 14.5. The number of likely N-dealkylation sites (tertiary alicyclic amines) is 1. The average Bonchev–Trinajstić information content (AvgIpc) is 3.51. The first-order valence-corrected chi connectivity index (χ1v) is 15.6. The molecule has 0 unspecified atom stereocenters. The molecule has 2 aliphatic heterocycles. The summed E-state index contributed by atoms with van der Waals surface area (Å²) >= 11 is 0. The fourth-order valence-corrected chi connectivity index (χ4v) is 5.71. The molecule has 13 heteroatoms. The van der Waals surface area contributed by atoms with Gasteiger partial charge in [0.25, 0.3) is 5.91 Å². The minimum Gasteiger partial charge on any atom is -0.439 e. The van der Waals surface area contributed by atoms with Gasteiger partial charge in [0.2, 0.25) is 17.7 Å². The van der Waals surface area contributed by atoms with Gasteiger partial charge in [-0.05, 0) is 55.3 Å². The van der Waals surface area contributed by atoms with Gasteiger partial charge in [-0.15, -0.1) is 0 Å². The van der Waals surface area contributed by atoms with Crippen LogP contribution in [0.5, 0.6) is 11.6 Å². The molecule has 2 aliphatic rings. The molecule has 2 aromatic carbocycles. The third kappa shape index (κ3) is 8.32. The van der Waals surface area contributed by atoms with Crippen LogP contribution in [0.2, 0.25) is 0 Å². The molecule has 0 spiro atoms. The molecule has 1 aromatic heterocycles. The summed E-state index contributed by atoms with van der Waals surface area (Å²) in [4.78, 5) is 40.0. The van der Waals surface area contributed by atoms with Crippen molar-refractivity contribution in [3.05, 3.63) is 70.9 Å². The van der Waals surface area contributed by atoms with E-state index in [1.54, 1.807) is 24.4 Å². The Morgan fingerprint density at radius 3 is 2.48 bits per heavy atom. The van der Waals surface area contributed by atoms with Crippen molar-refractivity contribution < 1.29 is 27.5 Å². The predicted molar refractivity (Wildman–Crippen MR) is 169 cm³/mol. The van der Waals surface area contributed by atoms with E-state index >= 15 is 0 Å². The monoisotopic (exact) mass is 639 g/mol. The van der Waals surface area contributed by atoms with Crippen molar-refractivity contribution in [3.63, 3.8) is 0 Å². The molecule has 246 valence electrons. The summed E-state index contributed by atoms with van der Waals surface area (Å²) in [7, 11) is 0. The second-order valence-electron chi connectivity index (χ2n) is 11.7. The SMILES string of the molecule is CCC(=O)N1CC[C@@H](Nc2nccc(Oc3cc(C(=O)Nc4ccc(CN5CCN(CC)CC5)c(C(F)(F)F)c4)ccc3C)n2)C1. The zero-order chi connectivity index (χ0) is 32.8. The van der Waals surface area contributed by atoms with E-state index in [0.717, 1.165) is 37.7 Å². The van der Waals surface area contributed by atoms with Crippen LogP contribution >= 0.6 is 0 Å². The standard InChI is InChI=1S/C33H40F3N7O3/c1-4-30(44)43-13-11-26(21-43)39-32-37-12-10-29(40-32)46-28-18-23(7-6-22(28)3)31(45)38-25-9-8-24(27(19-25)33(34,35)36)20-42-16-14-41(5-2)15-17-42/h6-10,12,18-19,26H,4-5,11,13-17,20-21H2,1-3H3,(H,38,45)(H,37,39,40)/t26-/m1/s1. The average molecular weight is 640 g/mol. The topological polar surface area (TPSA) is 103 Å². The molecule has 2 amide bonds. The van der Waals surface area contributed by atoms with Crippen molar-refractivity contribution in [1.82, 2.24) is 24.7 Å². The zero-order valence-electron chi connectivity index (χ0n) is 26.4. The maximum atomic E-state index is 14.1. The number of likely N-dealkylation sites (N-methyl/N-ethyl adjacent to an activating group) is 1. The fourth-order valence-electron chi connectivity index (χ4n) is 5.71. The molecule has 5 rings (SSSR count). The molecule has 46 heavy (non-hydrogen) atoms. The van der Waals surface area contributed by atoms with Crippen molar-refractivity contribution in [3.8, 4) is 11.6 Å². The van der Waals surface area contributed by atoms with Gasteiger partial charge in [-0.1, -0.05) is 26.0 Å². The number of hydrogen-bond donors (Lipinski definition) is 2. The number of halogens is 3. The minimum absolute atomic E-state index is 0.0166. The van der Waals surface area contributed by atoms with Gasteiger partial charge in [0, 0.05) is 81.8 Å². The van der Waals surface area contributed by atoms with Crippen molar-refractivity contribution in [2.24, 2.45) is 0 Å². The lowest BCUT2D eigenvalue weighted by molar-refractivity contribution is -0.138. The Labute approximate surface area is 266 Å². The fraction of sp³-hybridized carbons (Fsp3) is 0.455. The molecule has 2 N–H and O–H groups in total. The Morgan fingerprint density at radius 2 is 1.76 bits per heavy atom. The van der Waals surface area contributed by atoms with Gasteiger partial charge >= 0.3 is 6.18 Å². The summed E-state index contributed by atoms with van der Waals surface area (Å²) in [6.07, 6.45) is -1.78. The summed E-state index contributed by atoms with van der Waals surface area (Å²) in [5, 5.41) is 5.86. The number of carbonyl (C=O) groups is 2. The highest BCUT2D eigenvalue weighted by Crippen LogP contribution is 2.35. The van der Waals surface area contributed by atoms with Crippen LogP contribution in [-0.2, 0) is 17.5 Å². The number of nitrogens with one attached hydrogen (secondary N) is 2. The summed E-state index contributed by atoms with van der Waals surface area (Å²) in [5.41, 5.74) is 0.424. The highest BCUT2D eigenvalue weighted by Gasteiger charge is 2.34. The van der Waals surface area contributed by atoms with Crippen LogP contribution in [-0.4, -0.2) is 88.3 Å². The summed E-state index contributed by atoms with van der Waals surface area (Å²) < 4.78 is 48.3. The number of aromatic nitrogens is 2. The summed E-state index contributed by atoms with van der Waals surface area (Å²) in [6.45, 7) is 11.1. The van der Waals surface area contributed by atoms with E-state index in [0.29, 0.717) is 44.3 Å². The normalized spacial score (nSPS) is 17.6. The smallest absolute Gasteiger partial charge is 0.416 e. The molecule has 3 aromatic rings. The zero-order valence-corrected chi connectivity index (χ0v) is 26.4. The number of aryl methyl sites for hydroxylation is 1. The summed E-state index contributed by atoms with van der Waals surface area (Å²) in [6, 6.07) is 10.4. The van der Waals surface area contributed by atoms with E-state index in [9.17, 15) is 22.8 Å². The summed E-state index contributed by atoms with van der Waals surface area (Å²) in [5.74, 6) is 0.508. The van der Waals surface area contributed by atoms with Crippen LogP contribution in [0.25, 0.3) is 0 Å². The molecule has 2 saturated heterocycles. The van der Waals surface area contributed by atoms with Gasteiger partial charge < -0.3 is 25.2 Å². The molecule has 1 atom stereocenters. The van der Waals surface area contributed by atoms with Crippen molar-refractivity contribution >= 4 is 23.5 Å². The van der Waals surface area contributed by atoms with Crippen molar-refractivity contribution in [2.75, 3.05) is 56.4 Å². The number of hydrogen-bond acceptors (Lipinski definition) is 8. The van der Waals surface area contributed by atoms with Crippen molar-refractivity contribution in [2.45, 2.75) is 52.4 Å². The van der Waals surface area contributed by atoms with Crippen LogP contribution in [0.15, 0.2) is 48.7 Å². The number of amides is 2. The van der Waals surface area contributed by atoms with Gasteiger partial charge in [0.1, 0.15) is 5.75 Å². The molecule has 0 saturated carbocycles. The third-order valence-electron chi connectivity index (χ3n) is 8.45. The Morgan fingerprint density at radius 1 is 1.00 bits per heavy atom. The Kier molecular flexibility index (Phi) is 10.4. The first-order valence-electron chi connectivity index (χ1n) is 15.6. The molecule has 2 fully saturated rings. The largest absolute Gasteiger partial charge is 0.439 e. The van der Waals surface area contributed by atoms with E-state index < -0.39 is 17.6 Å². The Bertz CT molecular complexity index is 1540. The number of rotatable bonds is 10. The first kappa shape index (κ1) is 33.1. The van der Waals surface area contributed by atoms with Crippen LogP contribution in [0.3, 0.4) is 0 Å². The number of alkyl halides is 3. The number of anilines is 2. The van der Waals surface area contributed by atoms with E-state index in [1.807, 2.05) is 23.6 Å². The van der Waals surface area contributed by atoms with E-state index in [-0.39, 0.29) is 41.2 Å². The van der Waals surface area contributed by atoms with Gasteiger partial charge in [-0.2, -0.15) is 18.2 Å². The third-order valence-corrected chi connectivity index (χ3v) is 8.45. The Hall–Kier alpha value is -4.23. The lowest BCUT2D eigenvalue weighted by Gasteiger charge is -2.34. The van der Waals surface area contributed by atoms with Crippen LogP contribution < -0.4 is 15.4 Å². The van der Waals surface area contributed by atoms with E-state index in [2.05, 4.69) is 32.4 Å². The van der Waals surface area contributed by atoms with Gasteiger partial charge in [-0.3, -0.25) is 14.5 Å². The quantitative estimate of drug-likeness (QED) is 0.304. The maximum Gasteiger partial charge on any atom is 0.416 e. The number of carbonyl (C=O) groups excluding carboxylic acids is 2. The van der Waals surface area contributed by atoms with Crippen molar-refractivity contribution in [1.29, 1.82) is 0 Å². The number of ether oxygens (including phenoxy) is 1. The van der Waals surface area contributed by atoms with Crippen LogP contribution in [0, 0.1) is 6.92 Å². The van der Waals surface area contributed by atoms with Gasteiger partial charge in [0.15, 0.2) is 0 Å². The predicted octanol–water partition coefficient (Wildman–Crippen LogP) is 5.41. The number of nitrogens with zero attached hydrogens (tertiary/aromatic N) is 5. The molecular formula is C33H40F3N7O3. The molecule has 0 radical (unpaired) electrons. The first-order chi connectivity index (χ1) is 22.0. The van der Waals surface area contributed by atoms with Crippen LogP contribution in [0.1, 0.15) is 53.7 Å². The van der Waals surface area contributed by atoms with Gasteiger partial charge in [0.05, 0.1) is 5.56 Å². The molecule has 0 aliphatic carbocycles. The highest BCUT2D eigenvalue weighted by atomic mass is 19.4. The highest BCUT2D eigenvalue weighted by molar-refractivity contribution is 6.04.